The lowest BCUT2D eigenvalue weighted by molar-refractivity contribution is -0.124. The molecule has 196 valence electrons. The molecule has 3 N–H and O–H groups in total. The van der Waals surface area contributed by atoms with Crippen molar-refractivity contribution in [2.45, 2.75) is 70.8 Å². The number of hydrogen-bond acceptors (Lipinski definition) is 5. The molecule has 36 heavy (non-hydrogen) atoms. The van der Waals surface area contributed by atoms with Crippen LogP contribution in [0.15, 0.2) is 24.3 Å². The van der Waals surface area contributed by atoms with Crippen LogP contribution in [0.4, 0.5) is 11.5 Å². The van der Waals surface area contributed by atoms with Gasteiger partial charge in [0.25, 0.3) is 0 Å². The summed E-state index contributed by atoms with van der Waals surface area (Å²) in [5.41, 5.74) is 3.22. The van der Waals surface area contributed by atoms with E-state index in [0.29, 0.717) is 12.5 Å². The number of aliphatic hydroxyl groups is 1. The fourth-order valence-electron chi connectivity index (χ4n) is 8.20. The van der Waals surface area contributed by atoms with Crippen molar-refractivity contribution < 1.29 is 9.90 Å². The molecule has 5 aliphatic rings. The molecule has 1 amide bonds. The average Bonchev–Trinajstić information content (AvgIpc) is 3.28. The molecular formula is C29H41ClN4O2. The molecule has 2 aromatic rings. The summed E-state index contributed by atoms with van der Waals surface area (Å²) in [6.45, 7) is 5.08. The van der Waals surface area contributed by atoms with Crippen LogP contribution in [-0.2, 0) is 4.79 Å². The highest BCUT2D eigenvalue weighted by molar-refractivity contribution is 6.02. The summed E-state index contributed by atoms with van der Waals surface area (Å²) < 4.78 is 0. The minimum atomic E-state index is 0. The normalized spacial score (nSPS) is 30.6. The highest BCUT2D eigenvalue weighted by Crippen LogP contribution is 2.61. The lowest BCUT2D eigenvalue weighted by Crippen LogP contribution is -2.47. The van der Waals surface area contributed by atoms with Crippen LogP contribution in [-0.4, -0.2) is 48.3 Å². The van der Waals surface area contributed by atoms with E-state index < -0.39 is 0 Å². The molecular weight excluding hydrogens is 472 g/mol. The Morgan fingerprint density at radius 3 is 2.53 bits per heavy atom. The number of rotatable bonds is 8. The molecule has 0 radical (unpaired) electrons. The van der Waals surface area contributed by atoms with Gasteiger partial charge < -0.3 is 20.6 Å². The van der Waals surface area contributed by atoms with E-state index in [9.17, 15) is 4.79 Å². The number of nitrogens with zero attached hydrogens (tertiary/aromatic N) is 2. The van der Waals surface area contributed by atoms with Crippen molar-refractivity contribution in [1.29, 1.82) is 0 Å². The summed E-state index contributed by atoms with van der Waals surface area (Å²) in [4.78, 5) is 20.7. The topological polar surface area (TPSA) is 77.5 Å². The molecule has 5 fully saturated rings. The summed E-state index contributed by atoms with van der Waals surface area (Å²) in [6, 6.07) is 8.85. The van der Waals surface area contributed by atoms with Gasteiger partial charge >= 0.3 is 0 Å². The van der Waals surface area contributed by atoms with Crippen molar-refractivity contribution in [2.24, 2.45) is 23.2 Å². The Bertz CT molecular complexity index is 1070. The van der Waals surface area contributed by atoms with Gasteiger partial charge in [-0.2, -0.15) is 0 Å². The van der Waals surface area contributed by atoms with Crippen molar-refractivity contribution in [2.75, 3.05) is 36.5 Å². The van der Waals surface area contributed by atoms with Gasteiger partial charge in [0, 0.05) is 37.5 Å². The largest absolute Gasteiger partial charge is 0.396 e. The molecule has 0 unspecified atom stereocenters. The number of aryl methyl sites for hydroxylation is 1. The van der Waals surface area contributed by atoms with Crippen LogP contribution >= 0.6 is 12.4 Å². The van der Waals surface area contributed by atoms with Crippen LogP contribution in [0.5, 0.6) is 0 Å². The first-order valence-corrected chi connectivity index (χ1v) is 13.8. The van der Waals surface area contributed by atoms with E-state index in [0.717, 1.165) is 78.2 Å². The molecule has 4 aliphatic carbocycles. The molecule has 2 heterocycles. The van der Waals surface area contributed by atoms with E-state index in [1.54, 1.807) is 0 Å². The van der Waals surface area contributed by atoms with E-state index >= 15 is 0 Å². The van der Waals surface area contributed by atoms with Gasteiger partial charge in [0.15, 0.2) is 0 Å². The Hall–Kier alpha value is -1.89. The van der Waals surface area contributed by atoms with Crippen molar-refractivity contribution in [3.8, 4) is 0 Å². The number of aliphatic hydroxyl groups excluding tert-OH is 1. The van der Waals surface area contributed by atoms with E-state index in [1.165, 1.54) is 38.5 Å². The second-order valence-corrected chi connectivity index (χ2v) is 12.1. The third-order valence-corrected chi connectivity index (χ3v) is 9.31. The third kappa shape index (κ3) is 5.09. The number of benzene rings is 1. The number of pyridine rings is 1. The van der Waals surface area contributed by atoms with Crippen LogP contribution in [0, 0.1) is 30.1 Å². The number of amides is 1. The summed E-state index contributed by atoms with van der Waals surface area (Å²) >= 11 is 0. The Balaban J connectivity index is 0.00000267. The minimum absolute atomic E-state index is 0. The molecule has 0 spiro atoms. The quantitative estimate of drug-likeness (QED) is 0.431. The van der Waals surface area contributed by atoms with Crippen molar-refractivity contribution in [3.63, 3.8) is 0 Å². The summed E-state index contributed by atoms with van der Waals surface area (Å²) in [5, 5.41) is 16.9. The zero-order valence-electron chi connectivity index (χ0n) is 21.5. The molecule has 1 aromatic heterocycles. The molecule has 1 atom stereocenters. The standard InChI is InChI=1S/C29H40N4O2.ClH/c1-19-3-5-25-24(4-6-26(31-25)33-9-7-23(18-33)30-8-2-10-34)28(19)32-27(35)17-29-14-20-11-21(15-29)13-22(12-20)16-29;/h3-6,20-23,30,34H,2,7-18H2,1H3,(H,32,35);1H/t20?,21?,22?,23-,29?;/m0./s1. The highest BCUT2D eigenvalue weighted by Gasteiger charge is 2.51. The minimum Gasteiger partial charge on any atom is -0.396 e. The predicted molar refractivity (Wildman–Crippen MR) is 148 cm³/mol. The maximum absolute atomic E-state index is 13.4. The van der Waals surface area contributed by atoms with E-state index in [4.69, 9.17) is 10.1 Å². The van der Waals surface area contributed by atoms with Crippen LogP contribution < -0.4 is 15.5 Å². The predicted octanol–water partition coefficient (Wildman–Crippen LogP) is 5.06. The number of halogens is 1. The Labute approximate surface area is 221 Å². The molecule has 1 saturated heterocycles. The van der Waals surface area contributed by atoms with E-state index in [-0.39, 0.29) is 30.3 Å². The summed E-state index contributed by atoms with van der Waals surface area (Å²) in [5.74, 6) is 3.78. The summed E-state index contributed by atoms with van der Waals surface area (Å²) in [6.07, 6.45) is 10.6. The molecule has 6 nitrogen and oxygen atoms in total. The van der Waals surface area contributed by atoms with Gasteiger partial charge in [0.2, 0.25) is 5.91 Å². The van der Waals surface area contributed by atoms with Gasteiger partial charge in [-0.1, -0.05) is 6.07 Å². The molecule has 1 aliphatic heterocycles. The van der Waals surface area contributed by atoms with Crippen molar-refractivity contribution in [3.05, 3.63) is 29.8 Å². The SMILES string of the molecule is Cc1ccc2nc(N3CC[C@H](NCCCO)C3)ccc2c1NC(=O)CC12CC3CC(CC(C3)C1)C2.Cl. The molecule has 1 aromatic carbocycles. The molecule has 7 heteroatoms. The fraction of sp³-hybridized carbons (Fsp3) is 0.655. The first-order valence-electron chi connectivity index (χ1n) is 13.8. The zero-order valence-corrected chi connectivity index (χ0v) is 22.3. The number of carbonyl (C=O) groups excluding carboxylic acids is 1. The maximum atomic E-state index is 13.4. The van der Waals surface area contributed by atoms with Crippen LogP contribution in [0.1, 0.15) is 63.4 Å². The van der Waals surface area contributed by atoms with Gasteiger partial charge in [0.1, 0.15) is 5.82 Å². The fourth-order valence-corrected chi connectivity index (χ4v) is 8.20. The Morgan fingerprint density at radius 2 is 1.83 bits per heavy atom. The second kappa shape index (κ2) is 10.5. The third-order valence-electron chi connectivity index (χ3n) is 9.31. The first kappa shape index (κ1) is 25.7. The highest BCUT2D eigenvalue weighted by atomic mass is 35.5. The smallest absolute Gasteiger partial charge is 0.224 e. The van der Waals surface area contributed by atoms with Gasteiger partial charge in [-0.05, 0) is 112 Å². The monoisotopic (exact) mass is 512 g/mol. The van der Waals surface area contributed by atoms with Crippen molar-refractivity contribution >= 4 is 40.7 Å². The number of aromatic nitrogens is 1. The molecule has 4 saturated carbocycles. The summed E-state index contributed by atoms with van der Waals surface area (Å²) in [7, 11) is 0. The lowest BCUT2D eigenvalue weighted by atomic mass is 9.49. The van der Waals surface area contributed by atoms with E-state index in [2.05, 4.69) is 46.7 Å². The van der Waals surface area contributed by atoms with Crippen LogP contribution in [0.25, 0.3) is 10.9 Å². The molecule has 4 bridgehead atoms. The number of fused-ring (bicyclic) bond motifs is 1. The Kier molecular flexibility index (Phi) is 7.49. The second-order valence-electron chi connectivity index (χ2n) is 12.1. The average molecular weight is 513 g/mol. The maximum Gasteiger partial charge on any atom is 0.224 e. The van der Waals surface area contributed by atoms with Crippen LogP contribution in [0.2, 0.25) is 0 Å². The number of anilines is 2. The van der Waals surface area contributed by atoms with Crippen LogP contribution in [0.3, 0.4) is 0 Å². The lowest BCUT2D eigenvalue weighted by Gasteiger charge is -2.56. The van der Waals surface area contributed by atoms with Crippen molar-refractivity contribution in [1.82, 2.24) is 10.3 Å². The molecule has 7 rings (SSSR count). The van der Waals surface area contributed by atoms with Gasteiger partial charge in [-0.3, -0.25) is 4.79 Å². The zero-order chi connectivity index (χ0) is 24.0. The van der Waals surface area contributed by atoms with Gasteiger partial charge in [-0.25, -0.2) is 4.98 Å². The number of carbonyl (C=O) groups is 1. The van der Waals surface area contributed by atoms with Gasteiger partial charge in [0.05, 0.1) is 11.2 Å². The first-order chi connectivity index (χ1) is 17.0. The van der Waals surface area contributed by atoms with E-state index in [1.807, 2.05) is 0 Å². The Morgan fingerprint density at radius 1 is 1.11 bits per heavy atom. The number of nitrogens with one attached hydrogen (secondary N) is 2. The number of hydrogen-bond donors (Lipinski definition) is 3. The van der Waals surface area contributed by atoms with Gasteiger partial charge in [-0.15, -0.1) is 12.4 Å².